The minimum Gasteiger partial charge on any atom is -0.311 e. The van der Waals surface area contributed by atoms with E-state index in [9.17, 15) is 0 Å². The summed E-state index contributed by atoms with van der Waals surface area (Å²) < 4.78 is 0. The largest absolute Gasteiger partial charge is 0.311 e. The van der Waals surface area contributed by atoms with Crippen molar-refractivity contribution in [2.24, 2.45) is 0 Å². The Morgan fingerprint density at radius 2 is 2.26 bits per heavy atom. The van der Waals surface area contributed by atoms with Crippen molar-refractivity contribution in [2.45, 2.75) is 31.1 Å². The first kappa shape index (κ1) is 13.7. The third-order valence-electron chi connectivity index (χ3n) is 3.40. The summed E-state index contributed by atoms with van der Waals surface area (Å²) in [5.41, 5.74) is 1.38. The lowest BCUT2D eigenvalue weighted by atomic mass is 10.2. The van der Waals surface area contributed by atoms with E-state index in [1.807, 2.05) is 22.7 Å². The molecule has 2 aromatic rings. The third kappa shape index (κ3) is 3.85. The SMILES string of the molecule is c1csc(-c2csc(CNCC3CCCCS3)c2)c1. The van der Waals surface area contributed by atoms with E-state index in [-0.39, 0.29) is 0 Å². The Morgan fingerprint density at radius 3 is 3.05 bits per heavy atom. The molecule has 1 N–H and O–H groups in total. The van der Waals surface area contributed by atoms with Gasteiger partial charge >= 0.3 is 0 Å². The van der Waals surface area contributed by atoms with Crippen LogP contribution in [0.15, 0.2) is 29.0 Å². The minimum atomic E-state index is 0.838. The average Bonchev–Trinajstić information content (AvgIpc) is 3.10. The first-order chi connectivity index (χ1) is 9.42. The van der Waals surface area contributed by atoms with E-state index in [2.05, 4.69) is 46.0 Å². The van der Waals surface area contributed by atoms with Gasteiger partial charge < -0.3 is 5.32 Å². The zero-order chi connectivity index (χ0) is 12.9. The lowest BCUT2D eigenvalue weighted by Crippen LogP contribution is -2.26. The molecule has 0 radical (unpaired) electrons. The molecule has 0 aromatic carbocycles. The van der Waals surface area contributed by atoms with E-state index in [1.165, 1.54) is 40.3 Å². The van der Waals surface area contributed by atoms with E-state index < -0.39 is 0 Å². The van der Waals surface area contributed by atoms with Crippen molar-refractivity contribution in [3.05, 3.63) is 33.8 Å². The number of rotatable bonds is 5. The lowest BCUT2D eigenvalue weighted by Gasteiger charge is -2.21. The third-order valence-corrected chi connectivity index (χ3v) is 6.66. The summed E-state index contributed by atoms with van der Waals surface area (Å²) in [6.45, 7) is 2.18. The van der Waals surface area contributed by atoms with Crippen LogP contribution in [-0.4, -0.2) is 17.5 Å². The molecule has 4 heteroatoms. The summed E-state index contributed by atoms with van der Waals surface area (Å²) in [5.74, 6) is 1.36. The highest BCUT2D eigenvalue weighted by molar-refractivity contribution is 7.99. The van der Waals surface area contributed by atoms with Crippen molar-refractivity contribution in [3.8, 4) is 10.4 Å². The van der Waals surface area contributed by atoms with Gasteiger partial charge in [0.1, 0.15) is 0 Å². The van der Waals surface area contributed by atoms with Gasteiger partial charge in [0.25, 0.3) is 0 Å². The normalized spacial score (nSPS) is 19.7. The van der Waals surface area contributed by atoms with Crippen LogP contribution in [0.1, 0.15) is 24.1 Å². The number of nitrogens with one attached hydrogen (secondary N) is 1. The standard InChI is InChI=1S/C15H19NS3/c1-2-6-17-13(4-1)9-16-10-14-8-12(11-19-14)15-5-3-7-18-15/h3,5,7-8,11,13,16H,1-2,4,6,9-10H2. The molecule has 1 aliphatic rings. The number of hydrogen-bond acceptors (Lipinski definition) is 4. The molecule has 1 nitrogen and oxygen atoms in total. The molecule has 102 valence electrons. The highest BCUT2D eigenvalue weighted by atomic mass is 32.2. The fourth-order valence-corrected chi connectivity index (χ4v) is 5.29. The van der Waals surface area contributed by atoms with Crippen LogP contribution >= 0.6 is 34.4 Å². The van der Waals surface area contributed by atoms with Gasteiger partial charge in [-0.1, -0.05) is 12.5 Å². The first-order valence-electron chi connectivity index (χ1n) is 6.85. The summed E-state index contributed by atoms with van der Waals surface area (Å²) in [6, 6.07) is 6.65. The predicted octanol–water partition coefficient (Wildman–Crippen LogP) is 4.85. The van der Waals surface area contributed by atoms with Crippen molar-refractivity contribution in [2.75, 3.05) is 12.3 Å². The van der Waals surface area contributed by atoms with E-state index in [4.69, 9.17) is 0 Å². The molecular weight excluding hydrogens is 290 g/mol. The van der Waals surface area contributed by atoms with Crippen molar-refractivity contribution >= 4 is 34.4 Å². The Morgan fingerprint density at radius 1 is 1.26 bits per heavy atom. The monoisotopic (exact) mass is 309 g/mol. The van der Waals surface area contributed by atoms with Crippen molar-refractivity contribution in [3.63, 3.8) is 0 Å². The number of thioether (sulfide) groups is 1. The fraction of sp³-hybridized carbons (Fsp3) is 0.467. The van der Waals surface area contributed by atoms with Gasteiger partial charge in [0.05, 0.1) is 0 Å². The van der Waals surface area contributed by atoms with E-state index >= 15 is 0 Å². The molecule has 1 aliphatic heterocycles. The summed E-state index contributed by atoms with van der Waals surface area (Å²) in [6.07, 6.45) is 4.22. The van der Waals surface area contributed by atoms with Crippen LogP contribution in [-0.2, 0) is 6.54 Å². The Labute approximate surface area is 127 Å². The van der Waals surface area contributed by atoms with Crippen LogP contribution in [0.3, 0.4) is 0 Å². The highest BCUT2D eigenvalue weighted by Crippen LogP contribution is 2.29. The second-order valence-electron chi connectivity index (χ2n) is 4.90. The van der Waals surface area contributed by atoms with Crippen LogP contribution in [0.5, 0.6) is 0 Å². The molecule has 2 aromatic heterocycles. The smallest absolute Gasteiger partial charge is 0.0351 e. The predicted molar refractivity (Wildman–Crippen MR) is 89.4 cm³/mol. The molecule has 3 rings (SSSR count). The highest BCUT2D eigenvalue weighted by Gasteiger charge is 2.13. The molecule has 19 heavy (non-hydrogen) atoms. The maximum atomic E-state index is 3.62. The number of thiophene rings is 2. The lowest BCUT2D eigenvalue weighted by molar-refractivity contribution is 0.600. The van der Waals surface area contributed by atoms with Gasteiger partial charge in [0.15, 0.2) is 0 Å². The van der Waals surface area contributed by atoms with E-state index in [0.29, 0.717) is 0 Å². The summed E-state index contributed by atoms with van der Waals surface area (Å²) in [5, 5.41) is 8.88. The average molecular weight is 310 g/mol. The summed E-state index contributed by atoms with van der Waals surface area (Å²) >= 11 is 5.83. The van der Waals surface area contributed by atoms with Gasteiger partial charge in [-0.25, -0.2) is 0 Å². The molecule has 1 fully saturated rings. The van der Waals surface area contributed by atoms with Crippen LogP contribution in [0.4, 0.5) is 0 Å². The molecule has 1 atom stereocenters. The second kappa shape index (κ2) is 6.93. The van der Waals surface area contributed by atoms with Crippen molar-refractivity contribution in [1.82, 2.24) is 5.32 Å². The quantitative estimate of drug-likeness (QED) is 0.847. The fourth-order valence-electron chi connectivity index (χ4n) is 2.37. The summed E-state index contributed by atoms with van der Waals surface area (Å²) in [4.78, 5) is 2.83. The molecular formula is C15H19NS3. The van der Waals surface area contributed by atoms with E-state index in [1.54, 1.807) is 0 Å². The molecule has 0 saturated carbocycles. The topological polar surface area (TPSA) is 12.0 Å². The van der Waals surface area contributed by atoms with Gasteiger partial charge in [0, 0.05) is 33.7 Å². The first-order valence-corrected chi connectivity index (χ1v) is 9.66. The number of hydrogen-bond donors (Lipinski definition) is 1. The minimum absolute atomic E-state index is 0.838. The zero-order valence-corrected chi connectivity index (χ0v) is 13.4. The van der Waals surface area contributed by atoms with Gasteiger partial charge in [0.2, 0.25) is 0 Å². The van der Waals surface area contributed by atoms with E-state index in [0.717, 1.165) is 18.3 Å². The molecule has 0 amide bonds. The van der Waals surface area contributed by atoms with Crippen LogP contribution < -0.4 is 5.32 Å². The molecule has 1 saturated heterocycles. The second-order valence-corrected chi connectivity index (χ2v) is 8.25. The van der Waals surface area contributed by atoms with Crippen molar-refractivity contribution in [1.29, 1.82) is 0 Å². The Balaban J connectivity index is 1.48. The Bertz CT molecular complexity index is 483. The Kier molecular flexibility index (Phi) is 4.99. The maximum Gasteiger partial charge on any atom is 0.0351 e. The molecule has 0 bridgehead atoms. The van der Waals surface area contributed by atoms with Crippen LogP contribution in [0.2, 0.25) is 0 Å². The van der Waals surface area contributed by atoms with Gasteiger partial charge in [-0.3, -0.25) is 0 Å². The van der Waals surface area contributed by atoms with Gasteiger partial charge in [-0.15, -0.1) is 22.7 Å². The van der Waals surface area contributed by atoms with Crippen molar-refractivity contribution < 1.29 is 0 Å². The molecule has 3 heterocycles. The summed E-state index contributed by atoms with van der Waals surface area (Å²) in [7, 11) is 0. The molecule has 1 unspecified atom stereocenters. The maximum absolute atomic E-state index is 3.62. The van der Waals surface area contributed by atoms with Gasteiger partial charge in [-0.2, -0.15) is 11.8 Å². The van der Waals surface area contributed by atoms with Gasteiger partial charge in [-0.05, 0) is 41.5 Å². The van der Waals surface area contributed by atoms with Crippen LogP contribution in [0, 0.1) is 0 Å². The molecule has 0 spiro atoms. The molecule has 0 aliphatic carbocycles. The zero-order valence-electron chi connectivity index (χ0n) is 10.9. The van der Waals surface area contributed by atoms with Crippen LogP contribution in [0.25, 0.3) is 10.4 Å². The Hall–Kier alpha value is -0.290.